The summed E-state index contributed by atoms with van der Waals surface area (Å²) in [5, 5.41) is 9.02. The lowest BCUT2D eigenvalue weighted by atomic mass is 10.2. The molecule has 2 aliphatic heterocycles. The summed E-state index contributed by atoms with van der Waals surface area (Å²) in [5.74, 6) is -0.214. The Kier molecular flexibility index (Phi) is 3.71. The topological polar surface area (TPSA) is 26.7 Å². The maximum absolute atomic E-state index is 14.0. The third kappa shape index (κ3) is 2.60. The molecule has 2 fully saturated rings. The molecule has 0 radical (unpaired) electrons. The van der Waals surface area contributed by atoms with Crippen LogP contribution in [0.25, 0.3) is 0 Å². The van der Waals surface area contributed by atoms with Crippen molar-refractivity contribution < 1.29 is 9.50 Å². The van der Waals surface area contributed by atoms with Crippen molar-refractivity contribution in [3.8, 4) is 0 Å². The van der Waals surface area contributed by atoms with Crippen LogP contribution < -0.4 is 4.90 Å². The fourth-order valence-electron chi connectivity index (χ4n) is 3.27. The van der Waals surface area contributed by atoms with Crippen molar-refractivity contribution in [2.45, 2.75) is 31.9 Å². The molecular weight excluding hydrogens is 243 g/mol. The maximum Gasteiger partial charge on any atom is 0.146 e. The molecule has 1 atom stereocenters. The van der Waals surface area contributed by atoms with E-state index in [1.807, 2.05) is 6.07 Å². The predicted molar refractivity (Wildman–Crippen MR) is 73.7 cm³/mol. The second kappa shape index (κ2) is 5.47. The first-order valence-electron chi connectivity index (χ1n) is 7.16. The Hall–Kier alpha value is -1.13. The van der Waals surface area contributed by atoms with Gasteiger partial charge in [-0.3, -0.25) is 4.90 Å². The number of aliphatic hydroxyl groups is 1. The van der Waals surface area contributed by atoms with Crippen LogP contribution in [0.1, 0.15) is 24.8 Å². The zero-order valence-electron chi connectivity index (χ0n) is 11.2. The highest BCUT2D eigenvalue weighted by atomic mass is 19.1. The Balaban J connectivity index is 1.70. The van der Waals surface area contributed by atoms with Crippen LogP contribution in [0.4, 0.5) is 10.1 Å². The van der Waals surface area contributed by atoms with Crippen LogP contribution in [0.2, 0.25) is 0 Å². The molecule has 2 heterocycles. The van der Waals surface area contributed by atoms with Gasteiger partial charge in [0.15, 0.2) is 0 Å². The fraction of sp³-hybridized carbons (Fsp3) is 0.600. The minimum absolute atomic E-state index is 0.104. The van der Waals surface area contributed by atoms with Gasteiger partial charge in [-0.15, -0.1) is 0 Å². The lowest BCUT2D eigenvalue weighted by Crippen LogP contribution is -2.35. The Labute approximate surface area is 113 Å². The predicted octanol–water partition coefficient (Wildman–Crippen LogP) is 1.99. The summed E-state index contributed by atoms with van der Waals surface area (Å²) in [7, 11) is 0. The standard InChI is InChI=1S/C15H21FN2O/c16-14-9-12(11-19)3-4-15(14)18-8-5-13(10-18)17-6-1-2-7-17/h3-4,9,13,19H,1-2,5-8,10-11H2. The molecule has 3 nitrogen and oxygen atoms in total. The normalized spacial score (nSPS) is 24.3. The van der Waals surface area contributed by atoms with Crippen LogP contribution in [0.3, 0.4) is 0 Å². The molecular formula is C15H21FN2O. The Morgan fingerprint density at radius 2 is 2.00 bits per heavy atom. The molecule has 1 aromatic carbocycles. The van der Waals surface area contributed by atoms with Crippen molar-refractivity contribution in [2.75, 3.05) is 31.1 Å². The van der Waals surface area contributed by atoms with Gasteiger partial charge in [0.25, 0.3) is 0 Å². The highest BCUT2D eigenvalue weighted by Gasteiger charge is 2.30. The van der Waals surface area contributed by atoms with E-state index in [0.717, 1.165) is 19.5 Å². The number of rotatable bonds is 3. The molecule has 0 saturated carbocycles. The number of nitrogens with zero attached hydrogens (tertiary/aromatic N) is 2. The van der Waals surface area contributed by atoms with Crippen LogP contribution in [0.5, 0.6) is 0 Å². The SMILES string of the molecule is OCc1ccc(N2CCC(N3CCCC3)C2)c(F)c1. The van der Waals surface area contributed by atoms with Gasteiger partial charge in [0.1, 0.15) is 5.82 Å². The highest BCUT2D eigenvalue weighted by Crippen LogP contribution is 2.27. The number of aliphatic hydroxyl groups excluding tert-OH is 1. The summed E-state index contributed by atoms with van der Waals surface area (Å²) in [4.78, 5) is 4.68. The zero-order valence-corrected chi connectivity index (χ0v) is 11.2. The molecule has 1 N–H and O–H groups in total. The Morgan fingerprint density at radius 1 is 1.21 bits per heavy atom. The largest absolute Gasteiger partial charge is 0.392 e. The van der Waals surface area contributed by atoms with E-state index in [0.29, 0.717) is 17.3 Å². The molecule has 0 bridgehead atoms. The van der Waals surface area contributed by atoms with Gasteiger partial charge in [-0.25, -0.2) is 4.39 Å². The zero-order chi connectivity index (χ0) is 13.2. The number of likely N-dealkylation sites (tertiary alicyclic amines) is 1. The third-order valence-corrected chi connectivity index (χ3v) is 4.36. The minimum Gasteiger partial charge on any atom is -0.392 e. The lowest BCUT2D eigenvalue weighted by molar-refractivity contribution is 0.260. The molecule has 0 aliphatic carbocycles. The van der Waals surface area contributed by atoms with Gasteiger partial charge in [-0.05, 0) is 50.0 Å². The van der Waals surface area contributed by atoms with E-state index in [-0.39, 0.29) is 12.4 Å². The van der Waals surface area contributed by atoms with Crippen molar-refractivity contribution in [2.24, 2.45) is 0 Å². The number of hydrogen-bond acceptors (Lipinski definition) is 3. The smallest absolute Gasteiger partial charge is 0.146 e. The molecule has 2 saturated heterocycles. The summed E-state index contributed by atoms with van der Waals surface area (Å²) in [6, 6.07) is 5.63. The van der Waals surface area contributed by atoms with E-state index in [2.05, 4.69) is 9.80 Å². The summed E-state index contributed by atoms with van der Waals surface area (Å²) in [6.45, 7) is 4.15. The van der Waals surface area contributed by atoms with E-state index in [4.69, 9.17) is 5.11 Å². The van der Waals surface area contributed by atoms with E-state index >= 15 is 0 Å². The van der Waals surface area contributed by atoms with Crippen LogP contribution >= 0.6 is 0 Å². The number of benzene rings is 1. The van der Waals surface area contributed by atoms with E-state index in [1.165, 1.54) is 32.0 Å². The quantitative estimate of drug-likeness (QED) is 0.904. The Bertz CT molecular complexity index is 446. The number of hydrogen-bond donors (Lipinski definition) is 1. The summed E-state index contributed by atoms with van der Waals surface area (Å²) in [5.41, 5.74) is 1.32. The summed E-state index contributed by atoms with van der Waals surface area (Å²) < 4.78 is 14.0. The second-order valence-corrected chi connectivity index (χ2v) is 5.58. The number of halogens is 1. The first-order chi connectivity index (χ1) is 9.28. The van der Waals surface area contributed by atoms with Crippen LogP contribution in [0.15, 0.2) is 18.2 Å². The average molecular weight is 264 g/mol. The molecule has 3 rings (SSSR count). The van der Waals surface area contributed by atoms with Gasteiger partial charge in [-0.1, -0.05) is 6.07 Å². The first-order valence-corrected chi connectivity index (χ1v) is 7.16. The van der Waals surface area contributed by atoms with Crippen molar-refractivity contribution in [3.05, 3.63) is 29.6 Å². The summed E-state index contributed by atoms with van der Waals surface area (Å²) in [6.07, 6.45) is 3.73. The molecule has 0 aromatic heterocycles. The van der Waals surface area contributed by atoms with Crippen molar-refractivity contribution in [3.63, 3.8) is 0 Å². The van der Waals surface area contributed by atoms with Crippen LogP contribution in [0, 0.1) is 5.82 Å². The average Bonchev–Trinajstić information content (AvgIpc) is 3.09. The van der Waals surface area contributed by atoms with E-state index in [1.54, 1.807) is 6.07 Å². The first kappa shape index (κ1) is 12.9. The van der Waals surface area contributed by atoms with E-state index in [9.17, 15) is 4.39 Å². The Morgan fingerprint density at radius 3 is 2.68 bits per heavy atom. The number of anilines is 1. The van der Waals surface area contributed by atoms with Crippen molar-refractivity contribution >= 4 is 5.69 Å². The van der Waals surface area contributed by atoms with Gasteiger partial charge in [0, 0.05) is 19.1 Å². The molecule has 4 heteroatoms. The molecule has 0 spiro atoms. The fourth-order valence-corrected chi connectivity index (χ4v) is 3.27. The molecule has 1 unspecified atom stereocenters. The molecule has 19 heavy (non-hydrogen) atoms. The van der Waals surface area contributed by atoms with Crippen molar-refractivity contribution in [1.82, 2.24) is 4.90 Å². The molecule has 2 aliphatic rings. The van der Waals surface area contributed by atoms with Crippen LogP contribution in [-0.4, -0.2) is 42.2 Å². The third-order valence-electron chi connectivity index (χ3n) is 4.36. The lowest BCUT2D eigenvalue weighted by Gasteiger charge is -2.24. The summed E-state index contributed by atoms with van der Waals surface area (Å²) >= 11 is 0. The second-order valence-electron chi connectivity index (χ2n) is 5.58. The van der Waals surface area contributed by atoms with Gasteiger partial charge < -0.3 is 10.0 Å². The van der Waals surface area contributed by atoms with Gasteiger partial charge >= 0.3 is 0 Å². The highest BCUT2D eigenvalue weighted by molar-refractivity contribution is 5.50. The minimum atomic E-state index is -0.214. The molecule has 1 aromatic rings. The van der Waals surface area contributed by atoms with Gasteiger partial charge in [-0.2, -0.15) is 0 Å². The molecule has 104 valence electrons. The maximum atomic E-state index is 14.0. The van der Waals surface area contributed by atoms with Crippen molar-refractivity contribution in [1.29, 1.82) is 0 Å². The van der Waals surface area contributed by atoms with Crippen LogP contribution in [-0.2, 0) is 6.61 Å². The van der Waals surface area contributed by atoms with Gasteiger partial charge in [0.2, 0.25) is 0 Å². The monoisotopic (exact) mass is 264 g/mol. The van der Waals surface area contributed by atoms with E-state index < -0.39 is 0 Å². The van der Waals surface area contributed by atoms with Gasteiger partial charge in [0.05, 0.1) is 12.3 Å². The molecule has 0 amide bonds.